The molecule has 0 saturated heterocycles. The Morgan fingerprint density at radius 1 is 1.46 bits per heavy atom. The van der Waals surface area contributed by atoms with E-state index < -0.39 is 0 Å². The van der Waals surface area contributed by atoms with E-state index in [-0.39, 0.29) is 24.8 Å². The molecule has 0 amide bonds. The van der Waals surface area contributed by atoms with Gasteiger partial charge >= 0.3 is 24.8 Å². The second-order valence-electron chi connectivity index (χ2n) is 2.11. The molecule has 0 aromatic rings. The van der Waals surface area contributed by atoms with E-state index in [4.69, 9.17) is 0 Å². The maximum atomic E-state index is 10.3. The zero-order valence-electron chi connectivity index (χ0n) is 9.30. The van der Waals surface area contributed by atoms with Crippen LogP contribution in [0.2, 0.25) is 0 Å². The summed E-state index contributed by atoms with van der Waals surface area (Å²) >= 11 is 0. The largest absolute Gasteiger partial charge is 1.00 e. The van der Waals surface area contributed by atoms with Gasteiger partial charge in [0, 0.05) is 6.08 Å². The number of hydrogen-bond donors (Lipinski definition) is 0. The van der Waals surface area contributed by atoms with E-state index in [1.165, 1.54) is 12.5 Å². The van der Waals surface area contributed by atoms with Gasteiger partial charge in [-0.1, -0.05) is 19.4 Å². The van der Waals surface area contributed by atoms with E-state index in [0.717, 1.165) is 6.42 Å². The van der Waals surface area contributed by atoms with E-state index in [1.54, 1.807) is 19.9 Å². The van der Waals surface area contributed by atoms with E-state index in [0.29, 0.717) is 6.61 Å². The molecular formula is C10H19LiO2. The Hall–Kier alpha value is -0.193. The summed E-state index contributed by atoms with van der Waals surface area (Å²) in [6.45, 7) is 9.72. The van der Waals surface area contributed by atoms with Crippen LogP contribution in [-0.4, -0.2) is 12.6 Å². The zero-order valence-corrected chi connectivity index (χ0v) is 9.30. The molecule has 0 rings (SSSR count). The van der Waals surface area contributed by atoms with Gasteiger partial charge in [0.15, 0.2) is 0 Å². The van der Waals surface area contributed by atoms with Crippen molar-refractivity contribution in [2.75, 3.05) is 6.61 Å². The van der Waals surface area contributed by atoms with Crippen LogP contribution in [-0.2, 0) is 9.53 Å². The molecule has 0 aliphatic rings. The normalized spacial score (nSPS) is 8.31. The van der Waals surface area contributed by atoms with Crippen LogP contribution in [0.4, 0.5) is 0 Å². The fourth-order valence-electron chi connectivity index (χ4n) is 0.326. The van der Waals surface area contributed by atoms with Crippen molar-refractivity contribution in [3.63, 3.8) is 0 Å². The fourth-order valence-corrected chi connectivity index (χ4v) is 0.326. The number of ether oxygens (including phenoxy) is 1. The van der Waals surface area contributed by atoms with Gasteiger partial charge in [0.1, 0.15) is 0 Å². The molecule has 0 unspecified atom stereocenters. The van der Waals surface area contributed by atoms with Gasteiger partial charge in [0.25, 0.3) is 0 Å². The summed E-state index contributed by atoms with van der Waals surface area (Å²) in [6, 6.07) is 0. The molecule has 3 heteroatoms. The van der Waals surface area contributed by atoms with Crippen LogP contribution in [0.1, 0.15) is 33.6 Å². The van der Waals surface area contributed by atoms with E-state index in [2.05, 4.69) is 18.6 Å². The van der Waals surface area contributed by atoms with Gasteiger partial charge in [-0.05, 0) is 13.8 Å². The number of esters is 1. The summed E-state index contributed by atoms with van der Waals surface area (Å²) in [5.74, 6) is -0.269. The van der Waals surface area contributed by atoms with Gasteiger partial charge in [-0.2, -0.15) is 6.42 Å². The predicted molar refractivity (Wildman–Crippen MR) is 51.7 cm³/mol. The minimum absolute atomic E-state index is 0. The number of carbonyl (C=O) groups is 1. The molecule has 2 nitrogen and oxygen atoms in total. The number of carbonyl (C=O) groups excluding carboxylic acids is 1. The molecule has 0 aromatic heterocycles. The van der Waals surface area contributed by atoms with Crippen molar-refractivity contribution in [2.45, 2.75) is 33.6 Å². The van der Waals surface area contributed by atoms with E-state index >= 15 is 0 Å². The Balaban J connectivity index is -0.000000173. The summed E-state index contributed by atoms with van der Waals surface area (Å²) < 4.78 is 4.56. The van der Waals surface area contributed by atoms with E-state index in [1.807, 2.05) is 0 Å². The van der Waals surface area contributed by atoms with Gasteiger partial charge in [0.2, 0.25) is 0 Å². The molecule has 13 heavy (non-hydrogen) atoms. The van der Waals surface area contributed by atoms with Crippen molar-refractivity contribution in [1.82, 2.24) is 0 Å². The topological polar surface area (TPSA) is 26.3 Å². The van der Waals surface area contributed by atoms with Crippen LogP contribution in [0.3, 0.4) is 0 Å². The van der Waals surface area contributed by atoms with Crippen LogP contribution >= 0.6 is 0 Å². The van der Waals surface area contributed by atoms with Gasteiger partial charge in [-0.15, -0.1) is 0 Å². The van der Waals surface area contributed by atoms with Crippen LogP contribution < -0.4 is 18.9 Å². The molecule has 0 aliphatic carbocycles. The Morgan fingerprint density at radius 3 is 2.15 bits per heavy atom. The molecule has 72 valence electrons. The van der Waals surface area contributed by atoms with Crippen molar-refractivity contribution >= 4 is 5.97 Å². The molecule has 0 N–H and O–H groups in total. The minimum atomic E-state index is -0.269. The van der Waals surface area contributed by atoms with Gasteiger partial charge < -0.3 is 11.7 Å². The third-order valence-electron chi connectivity index (χ3n) is 0.943. The second kappa shape index (κ2) is 17.8. The molecule has 0 spiro atoms. The van der Waals surface area contributed by atoms with Gasteiger partial charge in [-0.3, -0.25) is 0 Å². The number of unbranched alkanes of at least 4 members (excludes halogenated alkanes) is 1. The Bertz CT molecular complexity index is 120. The number of rotatable bonds is 3. The smallest absolute Gasteiger partial charge is 0.463 e. The Labute approximate surface area is 93.9 Å². The SMILES string of the molecule is C/C=C/C(=O)OCC.[CH2-]CCC.[Li+]. The molecule has 0 bridgehead atoms. The molecule has 0 fully saturated rings. The minimum Gasteiger partial charge on any atom is -0.463 e. The van der Waals surface area contributed by atoms with Crippen molar-refractivity contribution in [1.29, 1.82) is 0 Å². The first-order chi connectivity index (χ1) is 5.72. The first-order valence-electron chi connectivity index (χ1n) is 4.31. The molecule has 0 aliphatic heterocycles. The first kappa shape index (κ1) is 18.6. The Kier molecular flexibility index (Phi) is 25.4. The first-order valence-corrected chi connectivity index (χ1v) is 4.31. The number of allylic oxidation sites excluding steroid dienone is 1. The van der Waals surface area contributed by atoms with Gasteiger partial charge in [0.05, 0.1) is 6.61 Å². The summed E-state index contributed by atoms with van der Waals surface area (Å²) in [4.78, 5) is 10.3. The van der Waals surface area contributed by atoms with Crippen molar-refractivity contribution in [3.8, 4) is 0 Å². The maximum Gasteiger partial charge on any atom is 1.00 e. The van der Waals surface area contributed by atoms with Crippen molar-refractivity contribution in [3.05, 3.63) is 19.1 Å². The average molecular weight is 178 g/mol. The quantitative estimate of drug-likeness (QED) is 0.258. The molecule has 0 atom stereocenters. The molecule has 0 saturated carbocycles. The molecule has 0 heterocycles. The fraction of sp³-hybridized carbons (Fsp3) is 0.600. The maximum absolute atomic E-state index is 10.3. The standard InChI is InChI=1S/C6H10O2.C4H9.Li/c1-3-5-6(7)8-4-2;1-3-4-2;/h3,5H,4H2,1-2H3;1,3-4H2,2H3;/q;-1;+1/b5-3+;;. The van der Waals surface area contributed by atoms with Crippen LogP contribution in [0, 0.1) is 6.92 Å². The van der Waals surface area contributed by atoms with Crippen molar-refractivity contribution < 1.29 is 28.4 Å². The van der Waals surface area contributed by atoms with E-state index in [9.17, 15) is 4.79 Å². The predicted octanol–water partition coefficient (Wildman–Crippen LogP) is -0.250. The summed E-state index contributed by atoms with van der Waals surface area (Å²) in [5.41, 5.74) is 0. The van der Waals surface area contributed by atoms with Crippen molar-refractivity contribution in [2.24, 2.45) is 0 Å². The van der Waals surface area contributed by atoms with Gasteiger partial charge in [-0.25, -0.2) is 4.79 Å². The molecular weight excluding hydrogens is 159 g/mol. The molecule has 0 radical (unpaired) electrons. The average Bonchev–Trinajstić information content (AvgIpc) is 2.06. The third-order valence-corrected chi connectivity index (χ3v) is 0.943. The van der Waals surface area contributed by atoms with Crippen LogP contribution in [0.15, 0.2) is 12.2 Å². The zero-order chi connectivity index (χ0) is 9.82. The summed E-state index contributed by atoms with van der Waals surface area (Å²) in [7, 11) is 0. The summed E-state index contributed by atoms with van der Waals surface area (Å²) in [5, 5.41) is 0. The molecule has 0 aromatic carbocycles. The second-order valence-corrected chi connectivity index (χ2v) is 2.11. The third kappa shape index (κ3) is 24.5. The Morgan fingerprint density at radius 2 is 1.92 bits per heavy atom. The summed E-state index contributed by atoms with van der Waals surface area (Å²) in [6.07, 6.45) is 5.32. The monoisotopic (exact) mass is 178 g/mol. The van der Waals surface area contributed by atoms with Crippen LogP contribution in [0.25, 0.3) is 0 Å². The van der Waals surface area contributed by atoms with Crippen LogP contribution in [0.5, 0.6) is 0 Å². The number of hydrogen-bond acceptors (Lipinski definition) is 2.